The molecule has 7 nitrogen and oxygen atoms in total. The van der Waals surface area contributed by atoms with Gasteiger partial charge in [0.2, 0.25) is 0 Å². The number of rotatable bonds is 3. The van der Waals surface area contributed by atoms with Gasteiger partial charge in [0.1, 0.15) is 17.5 Å². The van der Waals surface area contributed by atoms with E-state index in [0.717, 1.165) is 57.8 Å². The number of carbonyl (C=O) groups is 1. The van der Waals surface area contributed by atoms with Gasteiger partial charge in [-0.05, 0) is 46.1 Å². The third kappa shape index (κ3) is 5.35. The van der Waals surface area contributed by atoms with Crippen LogP contribution in [0.3, 0.4) is 0 Å². The Morgan fingerprint density at radius 2 is 2.00 bits per heavy atom. The number of hydrogen-bond donors (Lipinski definition) is 0. The predicted octanol–water partition coefficient (Wildman–Crippen LogP) is 3.91. The van der Waals surface area contributed by atoms with Crippen molar-refractivity contribution in [2.75, 3.05) is 37.6 Å². The molecule has 3 rings (SSSR count). The van der Waals surface area contributed by atoms with Crippen LogP contribution in [0.1, 0.15) is 52.5 Å². The minimum absolute atomic E-state index is 0.209. The van der Waals surface area contributed by atoms with Gasteiger partial charge in [0.15, 0.2) is 0 Å². The molecule has 2 fully saturated rings. The van der Waals surface area contributed by atoms with Gasteiger partial charge in [-0.2, -0.15) is 5.26 Å². The predicted molar refractivity (Wildman–Crippen MR) is 118 cm³/mol. The number of halogens is 1. The van der Waals surface area contributed by atoms with Crippen molar-refractivity contribution >= 4 is 23.5 Å². The molecule has 0 radical (unpaired) electrons. The number of nitriles is 1. The Kier molecular flexibility index (Phi) is 7.10. The van der Waals surface area contributed by atoms with Gasteiger partial charge in [-0.25, -0.2) is 9.78 Å². The van der Waals surface area contributed by atoms with Gasteiger partial charge in [-0.15, -0.1) is 0 Å². The van der Waals surface area contributed by atoms with E-state index >= 15 is 0 Å². The first-order valence-corrected chi connectivity index (χ1v) is 11.1. The molecule has 1 amide bonds. The average molecular weight is 434 g/mol. The molecule has 2 saturated heterocycles. The van der Waals surface area contributed by atoms with Crippen LogP contribution >= 0.6 is 11.6 Å². The van der Waals surface area contributed by atoms with Crippen LogP contribution in [0, 0.1) is 11.3 Å². The fourth-order valence-corrected chi connectivity index (χ4v) is 4.62. The second-order valence-corrected chi connectivity index (χ2v) is 9.49. The topological polar surface area (TPSA) is 72.7 Å². The molecule has 0 bridgehead atoms. The average Bonchev–Trinajstić information content (AvgIpc) is 2.72. The van der Waals surface area contributed by atoms with E-state index in [9.17, 15) is 4.79 Å². The lowest BCUT2D eigenvalue weighted by molar-refractivity contribution is 0.00945. The van der Waals surface area contributed by atoms with Crippen LogP contribution in [0.25, 0.3) is 0 Å². The van der Waals surface area contributed by atoms with Crippen LogP contribution in [0.5, 0.6) is 0 Å². The van der Waals surface area contributed by atoms with Gasteiger partial charge in [0.05, 0.1) is 10.6 Å². The van der Waals surface area contributed by atoms with Gasteiger partial charge in [-0.1, -0.05) is 18.5 Å². The largest absolute Gasteiger partial charge is 0.444 e. The molecule has 1 atom stereocenters. The van der Waals surface area contributed by atoms with Crippen LogP contribution in [0.4, 0.5) is 10.6 Å². The number of amides is 1. The Hall–Kier alpha value is -2.04. The molecule has 1 aromatic heterocycles. The lowest BCUT2D eigenvalue weighted by Crippen LogP contribution is -2.59. The highest BCUT2D eigenvalue weighted by Gasteiger charge is 2.35. The van der Waals surface area contributed by atoms with E-state index in [-0.39, 0.29) is 6.09 Å². The fourth-order valence-electron chi connectivity index (χ4n) is 4.34. The van der Waals surface area contributed by atoms with Crippen LogP contribution in [0.2, 0.25) is 5.02 Å². The molecule has 164 valence electrons. The maximum absolute atomic E-state index is 12.3. The summed E-state index contributed by atoms with van der Waals surface area (Å²) < 4.78 is 5.52. The molecular formula is C22H32ClN5O2. The first kappa shape index (κ1) is 22.6. The number of piperazine rings is 1. The highest BCUT2D eigenvalue weighted by Crippen LogP contribution is 2.29. The van der Waals surface area contributed by atoms with Crippen LogP contribution < -0.4 is 4.90 Å². The molecule has 8 heteroatoms. The summed E-state index contributed by atoms with van der Waals surface area (Å²) in [6.45, 7) is 12.0. The number of likely N-dealkylation sites (tertiary alicyclic amines) is 1. The van der Waals surface area contributed by atoms with E-state index in [1.165, 1.54) is 0 Å². The molecule has 30 heavy (non-hydrogen) atoms. The molecule has 1 aromatic rings. The Morgan fingerprint density at radius 1 is 1.30 bits per heavy atom. The fraction of sp³-hybridized carbons (Fsp3) is 0.682. The number of carbonyl (C=O) groups excluding carboxylic acids is 1. The highest BCUT2D eigenvalue weighted by atomic mass is 35.5. The number of ether oxygens (including phenoxy) is 1. The van der Waals surface area contributed by atoms with Crippen molar-refractivity contribution in [2.24, 2.45) is 0 Å². The molecule has 2 aliphatic heterocycles. The number of nitrogens with zero attached hydrogens (tertiary/aromatic N) is 5. The lowest BCUT2D eigenvalue weighted by Gasteiger charge is -2.47. The molecule has 0 aromatic carbocycles. The lowest BCUT2D eigenvalue weighted by atomic mass is 9.98. The molecule has 2 aliphatic rings. The van der Waals surface area contributed by atoms with Gasteiger partial charge >= 0.3 is 6.09 Å². The summed E-state index contributed by atoms with van der Waals surface area (Å²) in [7, 11) is 0. The smallest absolute Gasteiger partial charge is 0.410 e. The van der Waals surface area contributed by atoms with E-state index in [0.29, 0.717) is 22.7 Å². The molecule has 0 saturated carbocycles. The Balaban J connectivity index is 1.59. The van der Waals surface area contributed by atoms with Crippen molar-refractivity contribution in [3.8, 4) is 6.07 Å². The minimum Gasteiger partial charge on any atom is -0.444 e. The number of pyridine rings is 1. The Bertz CT molecular complexity index is 796. The quantitative estimate of drug-likeness (QED) is 0.719. The van der Waals surface area contributed by atoms with Gasteiger partial charge in [-0.3, -0.25) is 4.90 Å². The van der Waals surface area contributed by atoms with E-state index in [4.69, 9.17) is 21.6 Å². The van der Waals surface area contributed by atoms with Crippen molar-refractivity contribution in [2.45, 2.75) is 64.6 Å². The number of anilines is 1. The summed E-state index contributed by atoms with van der Waals surface area (Å²) >= 11 is 6.39. The first-order valence-electron chi connectivity index (χ1n) is 10.8. The maximum atomic E-state index is 12.3. The number of aromatic nitrogens is 1. The zero-order chi connectivity index (χ0) is 21.9. The molecule has 0 spiro atoms. The van der Waals surface area contributed by atoms with Crippen molar-refractivity contribution in [1.82, 2.24) is 14.8 Å². The van der Waals surface area contributed by atoms with Crippen LogP contribution in [-0.4, -0.2) is 71.3 Å². The summed E-state index contributed by atoms with van der Waals surface area (Å²) in [5.74, 6) is 0.758. The van der Waals surface area contributed by atoms with Crippen molar-refractivity contribution in [1.29, 1.82) is 5.26 Å². The van der Waals surface area contributed by atoms with Crippen molar-refractivity contribution < 1.29 is 9.53 Å². The monoisotopic (exact) mass is 433 g/mol. The summed E-state index contributed by atoms with van der Waals surface area (Å²) in [5.41, 5.74) is 0.0179. The van der Waals surface area contributed by atoms with Crippen LogP contribution in [0.15, 0.2) is 12.3 Å². The number of hydrogen-bond acceptors (Lipinski definition) is 6. The summed E-state index contributed by atoms with van der Waals surface area (Å²) in [4.78, 5) is 23.4. The molecule has 0 aliphatic carbocycles. The van der Waals surface area contributed by atoms with E-state index in [1.54, 1.807) is 12.3 Å². The van der Waals surface area contributed by atoms with Crippen molar-refractivity contribution in [3.63, 3.8) is 0 Å². The Morgan fingerprint density at radius 3 is 2.57 bits per heavy atom. The second kappa shape index (κ2) is 9.40. The van der Waals surface area contributed by atoms with Gasteiger partial charge < -0.3 is 14.5 Å². The zero-order valence-corrected chi connectivity index (χ0v) is 19.2. The molecule has 3 heterocycles. The van der Waals surface area contributed by atoms with Crippen LogP contribution in [-0.2, 0) is 4.74 Å². The number of piperidine rings is 1. The minimum atomic E-state index is -0.460. The normalized spacial score (nSPS) is 21.4. The summed E-state index contributed by atoms with van der Waals surface area (Å²) in [6.07, 6.45) is 4.34. The first-order chi connectivity index (χ1) is 14.2. The van der Waals surface area contributed by atoms with E-state index in [1.807, 2.05) is 25.7 Å². The molecular weight excluding hydrogens is 402 g/mol. The summed E-state index contributed by atoms with van der Waals surface area (Å²) in [5, 5.41) is 9.56. The van der Waals surface area contributed by atoms with Gasteiger partial charge in [0, 0.05) is 51.0 Å². The second-order valence-electron chi connectivity index (χ2n) is 9.09. The van der Waals surface area contributed by atoms with E-state index < -0.39 is 5.60 Å². The standard InChI is InChI=1S/C22H32ClN5O2/c1-5-17-15-27(20-19(23)12-16(13-24)14-25-20)10-11-28(17)18-6-8-26(9-7-18)21(29)30-22(2,3)4/h12,14,17-18H,5-11,15H2,1-4H3/t17-/m0/s1. The third-order valence-corrected chi connectivity index (χ3v) is 6.11. The zero-order valence-electron chi connectivity index (χ0n) is 18.4. The third-order valence-electron chi connectivity index (χ3n) is 5.84. The maximum Gasteiger partial charge on any atom is 0.410 e. The van der Waals surface area contributed by atoms with Gasteiger partial charge in [0.25, 0.3) is 0 Å². The van der Waals surface area contributed by atoms with Crippen molar-refractivity contribution in [3.05, 3.63) is 22.8 Å². The Labute approximate surface area is 184 Å². The van der Waals surface area contributed by atoms with E-state index in [2.05, 4.69) is 27.8 Å². The SMILES string of the molecule is CC[C@H]1CN(c2ncc(C#N)cc2Cl)CCN1C1CCN(C(=O)OC(C)(C)C)CC1. The molecule has 0 unspecified atom stereocenters. The molecule has 0 N–H and O–H groups in total. The highest BCUT2D eigenvalue weighted by molar-refractivity contribution is 6.33. The summed E-state index contributed by atoms with van der Waals surface area (Å²) in [6, 6.07) is 4.65.